The van der Waals surface area contributed by atoms with Crippen molar-refractivity contribution in [2.24, 2.45) is 5.92 Å². The minimum atomic E-state index is 0.603. The zero-order valence-electron chi connectivity index (χ0n) is 13.2. The maximum absolute atomic E-state index is 4.58. The molecule has 2 rings (SSSR count). The lowest BCUT2D eigenvalue weighted by molar-refractivity contribution is 0.296. The Morgan fingerprint density at radius 3 is 2.80 bits per heavy atom. The van der Waals surface area contributed by atoms with Gasteiger partial charge in [-0.05, 0) is 43.9 Å². The molecule has 1 saturated carbocycles. The molecule has 0 bridgehead atoms. The van der Waals surface area contributed by atoms with Gasteiger partial charge in [0, 0.05) is 24.4 Å². The lowest BCUT2D eigenvalue weighted by Crippen LogP contribution is -2.34. The van der Waals surface area contributed by atoms with E-state index >= 15 is 0 Å². The monoisotopic (exact) mass is 274 g/mol. The molecule has 1 unspecified atom stereocenters. The summed E-state index contributed by atoms with van der Waals surface area (Å²) in [7, 11) is 0. The number of hydrogen-bond acceptors (Lipinski definition) is 2. The normalized spacial score (nSPS) is 18.1. The smallest absolute Gasteiger partial charge is 0.0448 e. The number of hydrogen-bond donors (Lipinski definition) is 1. The first-order valence-electron chi connectivity index (χ1n) is 8.43. The fraction of sp³-hybridized carbons (Fsp3) is 0.722. The SMILES string of the molecule is CCCNC(Cc1ncccc1C)CC1CCCCC1. The summed E-state index contributed by atoms with van der Waals surface area (Å²) in [5.41, 5.74) is 2.61. The van der Waals surface area contributed by atoms with E-state index in [9.17, 15) is 0 Å². The van der Waals surface area contributed by atoms with Crippen LogP contribution in [0.2, 0.25) is 0 Å². The third-order valence-electron chi connectivity index (χ3n) is 4.58. The highest BCUT2D eigenvalue weighted by Crippen LogP contribution is 2.28. The van der Waals surface area contributed by atoms with Gasteiger partial charge in [-0.1, -0.05) is 45.1 Å². The fourth-order valence-corrected chi connectivity index (χ4v) is 3.38. The summed E-state index contributed by atoms with van der Waals surface area (Å²) in [6.45, 7) is 5.56. The standard InChI is InChI=1S/C18H30N2/c1-3-11-19-17(13-16-9-5-4-6-10-16)14-18-15(2)8-7-12-20-18/h7-8,12,16-17,19H,3-6,9-11,13-14H2,1-2H3. The van der Waals surface area contributed by atoms with Crippen molar-refractivity contribution in [3.63, 3.8) is 0 Å². The minimum absolute atomic E-state index is 0.603. The van der Waals surface area contributed by atoms with Gasteiger partial charge in [-0.25, -0.2) is 0 Å². The Labute approximate surface area is 124 Å². The number of nitrogens with one attached hydrogen (secondary N) is 1. The van der Waals surface area contributed by atoms with Crippen molar-refractivity contribution < 1.29 is 0 Å². The second kappa shape index (κ2) is 8.41. The lowest BCUT2D eigenvalue weighted by Gasteiger charge is -2.27. The Morgan fingerprint density at radius 2 is 2.10 bits per heavy atom. The Hall–Kier alpha value is -0.890. The highest BCUT2D eigenvalue weighted by atomic mass is 14.9. The van der Waals surface area contributed by atoms with Gasteiger partial charge in [0.15, 0.2) is 0 Å². The van der Waals surface area contributed by atoms with Crippen LogP contribution >= 0.6 is 0 Å². The van der Waals surface area contributed by atoms with E-state index in [0.29, 0.717) is 6.04 Å². The van der Waals surface area contributed by atoms with E-state index in [-0.39, 0.29) is 0 Å². The molecular weight excluding hydrogens is 244 g/mol. The van der Waals surface area contributed by atoms with E-state index in [1.54, 1.807) is 0 Å². The molecule has 1 aromatic heterocycles. The summed E-state index contributed by atoms with van der Waals surface area (Å²) in [6, 6.07) is 4.82. The molecule has 0 aliphatic heterocycles. The number of nitrogens with zero attached hydrogens (tertiary/aromatic N) is 1. The van der Waals surface area contributed by atoms with Crippen molar-refractivity contribution in [3.05, 3.63) is 29.6 Å². The van der Waals surface area contributed by atoms with Crippen molar-refractivity contribution in [1.29, 1.82) is 0 Å². The van der Waals surface area contributed by atoms with Crippen LogP contribution in [0.3, 0.4) is 0 Å². The lowest BCUT2D eigenvalue weighted by atomic mass is 9.83. The first-order valence-corrected chi connectivity index (χ1v) is 8.43. The molecule has 1 fully saturated rings. The molecule has 0 aromatic carbocycles. The largest absolute Gasteiger partial charge is 0.314 e. The van der Waals surface area contributed by atoms with E-state index in [2.05, 4.69) is 30.2 Å². The van der Waals surface area contributed by atoms with Gasteiger partial charge in [0.2, 0.25) is 0 Å². The Bertz CT molecular complexity index is 383. The van der Waals surface area contributed by atoms with E-state index in [1.807, 2.05) is 12.3 Å². The van der Waals surface area contributed by atoms with Gasteiger partial charge < -0.3 is 5.32 Å². The molecule has 1 N–H and O–H groups in total. The van der Waals surface area contributed by atoms with Gasteiger partial charge in [0.25, 0.3) is 0 Å². The third kappa shape index (κ3) is 4.90. The molecule has 0 spiro atoms. The van der Waals surface area contributed by atoms with Gasteiger partial charge in [-0.15, -0.1) is 0 Å². The molecule has 1 aliphatic carbocycles. The molecule has 2 heteroatoms. The molecule has 0 amide bonds. The minimum Gasteiger partial charge on any atom is -0.314 e. The zero-order chi connectivity index (χ0) is 14.2. The first kappa shape index (κ1) is 15.5. The van der Waals surface area contributed by atoms with Gasteiger partial charge in [0.1, 0.15) is 0 Å². The van der Waals surface area contributed by atoms with Crippen molar-refractivity contribution in [1.82, 2.24) is 10.3 Å². The maximum Gasteiger partial charge on any atom is 0.0448 e. The molecule has 112 valence electrons. The van der Waals surface area contributed by atoms with Crippen molar-refractivity contribution in [3.8, 4) is 0 Å². The fourth-order valence-electron chi connectivity index (χ4n) is 3.38. The van der Waals surface area contributed by atoms with Crippen molar-refractivity contribution in [2.45, 2.75) is 71.3 Å². The molecule has 2 nitrogen and oxygen atoms in total. The Morgan fingerprint density at radius 1 is 1.30 bits per heavy atom. The Balaban J connectivity index is 1.93. The zero-order valence-corrected chi connectivity index (χ0v) is 13.2. The van der Waals surface area contributed by atoms with E-state index in [1.165, 1.54) is 56.2 Å². The highest BCUT2D eigenvalue weighted by Gasteiger charge is 2.19. The van der Waals surface area contributed by atoms with Gasteiger partial charge in [-0.2, -0.15) is 0 Å². The number of rotatable bonds is 7. The number of aromatic nitrogens is 1. The molecule has 1 aromatic rings. The van der Waals surface area contributed by atoms with Crippen molar-refractivity contribution in [2.75, 3.05) is 6.54 Å². The second-order valence-electron chi connectivity index (χ2n) is 6.36. The van der Waals surface area contributed by atoms with Crippen LogP contribution in [0.5, 0.6) is 0 Å². The summed E-state index contributed by atoms with van der Waals surface area (Å²) in [5, 5.41) is 3.75. The average molecular weight is 274 g/mol. The quantitative estimate of drug-likeness (QED) is 0.803. The van der Waals surface area contributed by atoms with Gasteiger partial charge in [0.05, 0.1) is 0 Å². The third-order valence-corrected chi connectivity index (χ3v) is 4.58. The predicted octanol–water partition coefficient (Wildman–Crippen LogP) is 4.27. The van der Waals surface area contributed by atoms with Crippen LogP contribution in [0.1, 0.15) is 63.1 Å². The van der Waals surface area contributed by atoms with Crippen LogP contribution in [0, 0.1) is 12.8 Å². The number of pyridine rings is 1. The van der Waals surface area contributed by atoms with Crippen LogP contribution < -0.4 is 5.32 Å². The maximum atomic E-state index is 4.58. The van der Waals surface area contributed by atoms with Gasteiger partial charge in [-0.3, -0.25) is 4.98 Å². The first-order chi connectivity index (χ1) is 9.79. The topological polar surface area (TPSA) is 24.9 Å². The Kier molecular flexibility index (Phi) is 6.52. The van der Waals surface area contributed by atoms with Crippen LogP contribution in [-0.2, 0) is 6.42 Å². The van der Waals surface area contributed by atoms with E-state index in [4.69, 9.17) is 0 Å². The summed E-state index contributed by atoms with van der Waals surface area (Å²) < 4.78 is 0. The number of aryl methyl sites for hydroxylation is 1. The average Bonchev–Trinajstić information content (AvgIpc) is 2.48. The van der Waals surface area contributed by atoms with Crippen molar-refractivity contribution >= 4 is 0 Å². The predicted molar refractivity (Wildman–Crippen MR) is 86.0 cm³/mol. The highest BCUT2D eigenvalue weighted by molar-refractivity contribution is 5.18. The van der Waals surface area contributed by atoms with Gasteiger partial charge >= 0.3 is 0 Å². The molecule has 1 atom stereocenters. The summed E-state index contributed by atoms with van der Waals surface area (Å²) in [4.78, 5) is 4.58. The second-order valence-corrected chi connectivity index (χ2v) is 6.36. The molecule has 1 heterocycles. The van der Waals surface area contributed by atoms with E-state index < -0.39 is 0 Å². The summed E-state index contributed by atoms with van der Waals surface area (Å²) in [5.74, 6) is 0.933. The van der Waals surface area contributed by atoms with Crippen LogP contribution in [-0.4, -0.2) is 17.6 Å². The molecule has 1 aliphatic rings. The van der Waals surface area contributed by atoms with Crippen LogP contribution in [0.4, 0.5) is 0 Å². The molecule has 0 saturated heterocycles. The van der Waals surface area contributed by atoms with Crippen LogP contribution in [0.15, 0.2) is 18.3 Å². The summed E-state index contributed by atoms with van der Waals surface area (Å²) in [6.07, 6.45) is 12.8. The summed E-state index contributed by atoms with van der Waals surface area (Å²) >= 11 is 0. The van der Waals surface area contributed by atoms with E-state index in [0.717, 1.165) is 18.9 Å². The molecule has 20 heavy (non-hydrogen) atoms. The molecule has 0 radical (unpaired) electrons. The molecular formula is C18H30N2. The van der Waals surface area contributed by atoms with Crippen LogP contribution in [0.25, 0.3) is 0 Å².